The maximum absolute atomic E-state index is 11.8. The fourth-order valence-corrected chi connectivity index (χ4v) is 2.15. The highest BCUT2D eigenvalue weighted by Gasteiger charge is 2.24. The number of nitrogens with two attached hydrogens (primary N) is 1. The van der Waals surface area contributed by atoms with Crippen LogP contribution in [0.5, 0.6) is 0 Å². The molecule has 0 aliphatic heterocycles. The monoisotopic (exact) mass is 320 g/mol. The van der Waals surface area contributed by atoms with Crippen molar-refractivity contribution in [3.05, 3.63) is 0 Å². The van der Waals surface area contributed by atoms with Gasteiger partial charge in [0, 0.05) is 13.1 Å². The van der Waals surface area contributed by atoms with Gasteiger partial charge in [-0.3, -0.25) is 4.79 Å². The van der Waals surface area contributed by atoms with Crippen molar-refractivity contribution in [1.29, 1.82) is 0 Å². The second kappa shape index (κ2) is 14.6. The molecule has 0 atom stereocenters. The summed E-state index contributed by atoms with van der Waals surface area (Å²) in [7, 11) is 0. The minimum atomic E-state index is -0.432. The summed E-state index contributed by atoms with van der Waals surface area (Å²) >= 11 is 0. The molecule has 0 heterocycles. The second-order valence-corrected chi connectivity index (χ2v) is 6.53. The summed E-state index contributed by atoms with van der Waals surface area (Å²) in [6, 6.07) is 0. The number of rotatable bonds is 13. The highest BCUT2D eigenvalue weighted by molar-refractivity contribution is 5.85. The van der Waals surface area contributed by atoms with E-state index in [9.17, 15) is 4.79 Å². The standard InChI is InChI=1S/C17H36N2O.ClH/c1-4-5-6-7-8-9-10-11-12-13-14-19-16(20)17(2,3)15-18;/h4-15,18H2,1-3H3,(H,19,20);1H. The highest BCUT2D eigenvalue weighted by atomic mass is 35.5. The van der Waals surface area contributed by atoms with Gasteiger partial charge in [-0.2, -0.15) is 0 Å². The summed E-state index contributed by atoms with van der Waals surface area (Å²) in [4.78, 5) is 11.8. The van der Waals surface area contributed by atoms with Crippen molar-refractivity contribution >= 4 is 18.3 Å². The molecule has 4 heteroatoms. The van der Waals surface area contributed by atoms with Crippen LogP contribution in [0.25, 0.3) is 0 Å². The van der Waals surface area contributed by atoms with E-state index >= 15 is 0 Å². The van der Waals surface area contributed by atoms with Crippen molar-refractivity contribution in [2.24, 2.45) is 11.1 Å². The van der Waals surface area contributed by atoms with E-state index in [0.29, 0.717) is 6.54 Å². The van der Waals surface area contributed by atoms with Crippen molar-refractivity contribution in [2.75, 3.05) is 13.1 Å². The first-order valence-corrected chi connectivity index (χ1v) is 8.53. The van der Waals surface area contributed by atoms with E-state index in [4.69, 9.17) is 5.73 Å². The van der Waals surface area contributed by atoms with Crippen LogP contribution in [-0.2, 0) is 4.79 Å². The molecule has 0 aromatic heterocycles. The quantitative estimate of drug-likeness (QED) is 0.493. The lowest BCUT2D eigenvalue weighted by atomic mass is 9.93. The van der Waals surface area contributed by atoms with Crippen LogP contribution in [0.15, 0.2) is 0 Å². The molecule has 0 saturated carbocycles. The van der Waals surface area contributed by atoms with Crippen LogP contribution in [0.2, 0.25) is 0 Å². The van der Waals surface area contributed by atoms with Crippen LogP contribution in [0.3, 0.4) is 0 Å². The lowest BCUT2D eigenvalue weighted by molar-refractivity contribution is -0.128. The Hall–Kier alpha value is -0.280. The number of nitrogens with one attached hydrogen (secondary N) is 1. The summed E-state index contributed by atoms with van der Waals surface area (Å²) in [6.45, 7) is 7.23. The fraction of sp³-hybridized carbons (Fsp3) is 0.941. The van der Waals surface area contributed by atoms with Gasteiger partial charge >= 0.3 is 0 Å². The van der Waals surface area contributed by atoms with Gasteiger partial charge < -0.3 is 11.1 Å². The first kappa shape index (κ1) is 23.0. The third kappa shape index (κ3) is 13.1. The number of carbonyl (C=O) groups excluding carboxylic acids is 1. The van der Waals surface area contributed by atoms with Gasteiger partial charge in [0.1, 0.15) is 0 Å². The number of amides is 1. The lowest BCUT2D eigenvalue weighted by Gasteiger charge is -2.21. The molecule has 0 aromatic rings. The molecule has 3 nitrogen and oxygen atoms in total. The maximum Gasteiger partial charge on any atom is 0.226 e. The third-order valence-electron chi connectivity index (χ3n) is 3.94. The zero-order valence-electron chi connectivity index (χ0n) is 14.4. The Morgan fingerprint density at radius 2 is 1.33 bits per heavy atom. The Bertz CT molecular complexity index is 245. The van der Waals surface area contributed by atoms with Crippen LogP contribution in [0, 0.1) is 5.41 Å². The average molecular weight is 321 g/mol. The molecule has 0 rings (SSSR count). The molecule has 128 valence electrons. The van der Waals surface area contributed by atoms with Gasteiger partial charge in [-0.15, -0.1) is 12.4 Å². The van der Waals surface area contributed by atoms with Crippen LogP contribution in [-0.4, -0.2) is 19.0 Å². The highest BCUT2D eigenvalue weighted by Crippen LogP contribution is 2.13. The van der Waals surface area contributed by atoms with Crippen molar-refractivity contribution in [2.45, 2.75) is 85.0 Å². The Morgan fingerprint density at radius 3 is 1.76 bits per heavy atom. The van der Waals surface area contributed by atoms with E-state index in [1.54, 1.807) is 0 Å². The summed E-state index contributed by atoms with van der Waals surface area (Å²) in [5, 5.41) is 2.98. The maximum atomic E-state index is 11.8. The van der Waals surface area contributed by atoms with Crippen molar-refractivity contribution in [3.8, 4) is 0 Å². The Labute approximate surface area is 138 Å². The fourth-order valence-electron chi connectivity index (χ4n) is 2.15. The van der Waals surface area contributed by atoms with Gasteiger partial charge in [0.2, 0.25) is 5.91 Å². The Kier molecular flexibility index (Phi) is 16.0. The van der Waals surface area contributed by atoms with E-state index in [-0.39, 0.29) is 18.3 Å². The number of unbranched alkanes of at least 4 members (excludes halogenated alkanes) is 9. The second-order valence-electron chi connectivity index (χ2n) is 6.53. The average Bonchev–Trinajstić information content (AvgIpc) is 2.44. The number of hydrogen-bond acceptors (Lipinski definition) is 2. The molecule has 0 saturated heterocycles. The predicted molar refractivity (Wildman–Crippen MR) is 94.9 cm³/mol. The van der Waals surface area contributed by atoms with Gasteiger partial charge in [-0.05, 0) is 20.3 Å². The first-order chi connectivity index (χ1) is 9.54. The van der Waals surface area contributed by atoms with Gasteiger partial charge in [0.05, 0.1) is 5.41 Å². The summed E-state index contributed by atoms with van der Waals surface area (Å²) in [5.74, 6) is 0.0796. The first-order valence-electron chi connectivity index (χ1n) is 8.53. The molecule has 0 bridgehead atoms. The zero-order valence-corrected chi connectivity index (χ0v) is 15.2. The Balaban J connectivity index is 0. The molecule has 3 N–H and O–H groups in total. The molecule has 0 aliphatic rings. The molecule has 0 radical (unpaired) electrons. The minimum absolute atomic E-state index is 0. The SMILES string of the molecule is CCCCCCCCCCCCNC(=O)C(C)(C)CN.Cl. The van der Waals surface area contributed by atoms with E-state index in [1.807, 2.05) is 13.8 Å². The summed E-state index contributed by atoms with van der Waals surface area (Å²) < 4.78 is 0. The van der Waals surface area contributed by atoms with E-state index in [2.05, 4.69) is 12.2 Å². The molecule has 21 heavy (non-hydrogen) atoms. The van der Waals surface area contributed by atoms with Gasteiger partial charge in [0.25, 0.3) is 0 Å². The van der Waals surface area contributed by atoms with Gasteiger partial charge in [-0.25, -0.2) is 0 Å². The minimum Gasteiger partial charge on any atom is -0.356 e. The van der Waals surface area contributed by atoms with Crippen LogP contribution >= 0.6 is 12.4 Å². The van der Waals surface area contributed by atoms with E-state index < -0.39 is 5.41 Å². The van der Waals surface area contributed by atoms with Crippen LogP contribution in [0.1, 0.15) is 85.0 Å². The number of carbonyl (C=O) groups is 1. The van der Waals surface area contributed by atoms with Gasteiger partial charge in [-0.1, -0.05) is 64.7 Å². The summed E-state index contributed by atoms with van der Waals surface area (Å²) in [5.41, 5.74) is 5.14. The largest absolute Gasteiger partial charge is 0.356 e. The topological polar surface area (TPSA) is 55.1 Å². The van der Waals surface area contributed by atoms with E-state index in [0.717, 1.165) is 13.0 Å². The zero-order chi connectivity index (χ0) is 15.3. The molecule has 1 amide bonds. The smallest absolute Gasteiger partial charge is 0.226 e. The molecule has 0 spiro atoms. The van der Waals surface area contributed by atoms with Crippen LogP contribution in [0.4, 0.5) is 0 Å². The molecular weight excluding hydrogens is 284 g/mol. The predicted octanol–water partition coefficient (Wildman–Crippen LogP) is 4.43. The Morgan fingerprint density at radius 1 is 0.905 bits per heavy atom. The van der Waals surface area contributed by atoms with E-state index in [1.165, 1.54) is 57.8 Å². The molecular formula is C17H37ClN2O. The van der Waals surface area contributed by atoms with Crippen LogP contribution < -0.4 is 11.1 Å². The summed E-state index contributed by atoms with van der Waals surface area (Å²) in [6.07, 6.45) is 13.2. The van der Waals surface area contributed by atoms with Crippen molar-refractivity contribution in [3.63, 3.8) is 0 Å². The normalized spacial score (nSPS) is 11.0. The number of hydrogen-bond donors (Lipinski definition) is 2. The number of halogens is 1. The van der Waals surface area contributed by atoms with Crippen molar-refractivity contribution < 1.29 is 4.79 Å². The van der Waals surface area contributed by atoms with Gasteiger partial charge in [0.15, 0.2) is 0 Å². The molecule has 0 aromatic carbocycles. The lowest BCUT2D eigenvalue weighted by Crippen LogP contribution is -2.42. The molecule has 0 unspecified atom stereocenters. The van der Waals surface area contributed by atoms with Crippen molar-refractivity contribution in [1.82, 2.24) is 5.32 Å². The molecule has 0 fully saturated rings. The third-order valence-corrected chi connectivity index (χ3v) is 3.94. The molecule has 0 aliphatic carbocycles.